The Morgan fingerprint density at radius 2 is 1.94 bits per heavy atom. The molecule has 8 nitrogen and oxygen atoms in total. The first kappa shape index (κ1) is 20.2. The van der Waals surface area contributed by atoms with Crippen LogP contribution < -0.4 is 15.8 Å². The number of carbonyl (C=O) groups is 1. The second-order valence-corrected chi connectivity index (χ2v) is 6.88. The van der Waals surface area contributed by atoms with Gasteiger partial charge in [-0.05, 0) is 32.0 Å². The average Bonchev–Trinajstić information content (AvgIpc) is 3.12. The molecule has 2 aromatic heterocycles. The fourth-order valence-corrected chi connectivity index (χ4v) is 3.42. The molecule has 0 spiro atoms. The Morgan fingerprint density at radius 3 is 2.58 bits per heavy atom. The molecule has 2 heterocycles. The number of ketones is 1. The van der Waals surface area contributed by atoms with Crippen molar-refractivity contribution in [2.24, 2.45) is 5.73 Å². The summed E-state index contributed by atoms with van der Waals surface area (Å²) in [7, 11) is 1.47. The van der Waals surface area contributed by atoms with Crippen molar-refractivity contribution in [2.75, 3.05) is 12.4 Å². The van der Waals surface area contributed by atoms with E-state index in [-0.39, 0.29) is 17.4 Å². The lowest BCUT2D eigenvalue weighted by Gasteiger charge is -2.14. The maximum Gasteiger partial charge on any atom is 0.234 e. The van der Waals surface area contributed by atoms with Crippen molar-refractivity contribution < 1.29 is 18.3 Å². The minimum atomic E-state index is -0.773. The summed E-state index contributed by atoms with van der Waals surface area (Å²) >= 11 is 0. The van der Waals surface area contributed by atoms with E-state index in [1.165, 1.54) is 26.3 Å². The third-order valence-corrected chi connectivity index (χ3v) is 4.74. The standard InChI is InChI=1S/C21H18F2N6O2/c1-10(24)20(11(2)30)13-7-16-17(8-18(13)31-3)29-19(9-25-16)27-28-21(29)26-15-5-4-12(22)6-14(15)23/h4-9H,24H2,1-3H3,(H,26,28). The Balaban J connectivity index is 1.94. The number of nitrogens with two attached hydrogens (primary N) is 1. The first-order valence-corrected chi connectivity index (χ1v) is 9.21. The molecule has 0 saturated heterocycles. The van der Waals surface area contributed by atoms with Crippen LogP contribution in [0.2, 0.25) is 0 Å². The van der Waals surface area contributed by atoms with Crippen molar-refractivity contribution >= 4 is 39.7 Å². The number of fused-ring (bicyclic) bond motifs is 3. The zero-order valence-electron chi connectivity index (χ0n) is 16.9. The summed E-state index contributed by atoms with van der Waals surface area (Å²) < 4.78 is 34.5. The first-order valence-electron chi connectivity index (χ1n) is 9.21. The topological polar surface area (TPSA) is 107 Å². The van der Waals surface area contributed by atoms with E-state index in [1.54, 1.807) is 23.5 Å². The van der Waals surface area contributed by atoms with Crippen LogP contribution >= 0.6 is 0 Å². The summed E-state index contributed by atoms with van der Waals surface area (Å²) in [5.74, 6) is -1.09. The lowest BCUT2D eigenvalue weighted by atomic mass is 9.99. The van der Waals surface area contributed by atoms with Crippen molar-refractivity contribution in [2.45, 2.75) is 13.8 Å². The number of nitrogens with one attached hydrogen (secondary N) is 1. The maximum atomic E-state index is 14.1. The van der Waals surface area contributed by atoms with Crippen LogP contribution in [0.25, 0.3) is 22.3 Å². The number of allylic oxidation sites excluding steroid dienone is 2. The smallest absolute Gasteiger partial charge is 0.234 e. The lowest BCUT2D eigenvalue weighted by molar-refractivity contribution is -0.111. The van der Waals surface area contributed by atoms with Gasteiger partial charge < -0.3 is 15.8 Å². The molecule has 0 bridgehead atoms. The minimum absolute atomic E-state index is 0.0322. The molecule has 158 valence electrons. The predicted molar refractivity (Wildman–Crippen MR) is 112 cm³/mol. The summed E-state index contributed by atoms with van der Waals surface area (Å²) in [5.41, 5.74) is 8.59. The normalized spacial score (nSPS) is 12.2. The van der Waals surface area contributed by atoms with Gasteiger partial charge in [-0.25, -0.2) is 8.78 Å². The van der Waals surface area contributed by atoms with Crippen molar-refractivity contribution in [3.63, 3.8) is 0 Å². The number of nitrogens with zero attached hydrogens (tertiary/aromatic N) is 4. The van der Waals surface area contributed by atoms with Gasteiger partial charge in [0.1, 0.15) is 17.4 Å². The largest absolute Gasteiger partial charge is 0.496 e. The van der Waals surface area contributed by atoms with E-state index in [4.69, 9.17) is 10.5 Å². The van der Waals surface area contributed by atoms with E-state index in [0.717, 1.165) is 12.1 Å². The quantitative estimate of drug-likeness (QED) is 0.472. The van der Waals surface area contributed by atoms with E-state index in [9.17, 15) is 13.6 Å². The predicted octanol–water partition coefficient (Wildman–Crippen LogP) is 3.59. The fraction of sp³-hybridized carbons (Fsp3) is 0.143. The van der Waals surface area contributed by atoms with Crippen LogP contribution in [0.15, 0.2) is 42.2 Å². The van der Waals surface area contributed by atoms with E-state index in [1.807, 2.05) is 0 Å². The number of benzene rings is 2. The number of rotatable bonds is 5. The fourth-order valence-electron chi connectivity index (χ4n) is 3.42. The number of halogens is 2. The molecule has 0 amide bonds. The van der Waals surface area contributed by atoms with Gasteiger partial charge in [-0.15, -0.1) is 10.2 Å². The van der Waals surface area contributed by atoms with Crippen molar-refractivity contribution in [3.05, 3.63) is 59.4 Å². The highest BCUT2D eigenvalue weighted by atomic mass is 19.1. The number of methoxy groups -OCH3 is 1. The summed E-state index contributed by atoms with van der Waals surface area (Å²) in [6, 6.07) is 6.52. The van der Waals surface area contributed by atoms with Crippen LogP contribution in [0.4, 0.5) is 20.4 Å². The Bertz CT molecular complexity index is 1380. The number of hydrogen-bond donors (Lipinski definition) is 2. The SMILES string of the molecule is COc1cc2c(cc1C(C(C)=O)=C(C)N)ncc1nnc(Nc3ccc(F)cc3F)n12. The van der Waals surface area contributed by atoms with Gasteiger partial charge in [0.25, 0.3) is 0 Å². The van der Waals surface area contributed by atoms with Gasteiger partial charge >= 0.3 is 0 Å². The van der Waals surface area contributed by atoms with Crippen LogP contribution in [-0.4, -0.2) is 32.5 Å². The van der Waals surface area contributed by atoms with E-state index >= 15 is 0 Å². The Morgan fingerprint density at radius 1 is 1.16 bits per heavy atom. The van der Waals surface area contributed by atoms with Crippen LogP contribution in [0.5, 0.6) is 5.75 Å². The maximum absolute atomic E-state index is 14.1. The van der Waals surface area contributed by atoms with Crippen LogP contribution in [0.1, 0.15) is 19.4 Å². The zero-order valence-corrected chi connectivity index (χ0v) is 16.9. The van der Waals surface area contributed by atoms with Gasteiger partial charge in [-0.3, -0.25) is 14.2 Å². The molecule has 0 aliphatic carbocycles. The Kier molecular flexibility index (Phi) is 4.97. The number of aromatic nitrogens is 4. The first-order chi connectivity index (χ1) is 14.8. The number of carbonyl (C=O) groups excluding carboxylic acids is 1. The molecule has 0 saturated carbocycles. The molecular weight excluding hydrogens is 406 g/mol. The van der Waals surface area contributed by atoms with Gasteiger partial charge in [0.15, 0.2) is 11.4 Å². The molecule has 0 unspecified atom stereocenters. The van der Waals surface area contributed by atoms with Gasteiger partial charge in [-0.1, -0.05) is 0 Å². The van der Waals surface area contributed by atoms with Gasteiger partial charge in [0, 0.05) is 29.0 Å². The van der Waals surface area contributed by atoms with E-state index < -0.39 is 11.6 Å². The summed E-state index contributed by atoms with van der Waals surface area (Å²) in [4.78, 5) is 16.6. The zero-order chi connectivity index (χ0) is 22.3. The summed E-state index contributed by atoms with van der Waals surface area (Å²) in [6.45, 7) is 3.06. The summed E-state index contributed by atoms with van der Waals surface area (Å²) in [5, 5.41) is 10.9. The molecule has 4 rings (SSSR count). The highest BCUT2D eigenvalue weighted by Gasteiger charge is 2.19. The van der Waals surface area contributed by atoms with Crippen LogP contribution in [-0.2, 0) is 4.79 Å². The van der Waals surface area contributed by atoms with Crippen molar-refractivity contribution in [3.8, 4) is 5.75 Å². The van der Waals surface area contributed by atoms with Crippen molar-refractivity contribution in [1.82, 2.24) is 19.6 Å². The van der Waals surface area contributed by atoms with Crippen LogP contribution in [0.3, 0.4) is 0 Å². The number of anilines is 2. The second kappa shape index (κ2) is 7.63. The van der Waals surface area contributed by atoms with Gasteiger partial charge in [-0.2, -0.15) is 0 Å². The molecule has 2 aromatic carbocycles. The molecule has 0 radical (unpaired) electrons. The minimum Gasteiger partial charge on any atom is -0.496 e. The highest BCUT2D eigenvalue weighted by Crippen LogP contribution is 2.33. The molecule has 0 aliphatic rings. The average molecular weight is 424 g/mol. The third kappa shape index (κ3) is 3.52. The Hall–Kier alpha value is -4.08. The number of hydrogen-bond acceptors (Lipinski definition) is 7. The molecular formula is C21H18F2N6O2. The molecule has 4 aromatic rings. The third-order valence-electron chi connectivity index (χ3n) is 4.74. The number of Topliss-reactive ketones (excluding diaryl/α,β-unsaturated/α-hetero) is 1. The van der Waals surface area contributed by atoms with Gasteiger partial charge in [0.2, 0.25) is 5.95 Å². The lowest BCUT2D eigenvalue weighted by Crippen LogP contribution is -2.07. The molecule has 10 heteroatoms. The van der Waals surface area contributed by atoms with E-state index in [0.29, 0.717) is 39.3 Å². The molecule has 0 aliphatic heterocycles. The summed E-state index contributed by atoms with van der Waals surface area (Å²) in [6.07, 6.45) is 1.49. The van der Waals surface area contributed by atoms with E-state index in [2.05, 4.69) is 20.5 Å². The molecule has 3 N–H and O–H groups in total. The van der Waals surface area contributed by atoms with Crippen molar-refractivity contribution in [1.29, 1.82) is 0 Å². The molecule has 0 fully saturated rings. The Labute approximate surface area is 175 Å². The van der Waals surface area contributed by atoms with Gasteiger partial charge in [0.05, 0.1) is 30.0 Å². The highest BCUT2D eigenvalue weighted by molar-refractivity contribution is 6.21. The molecule has 0 atom stereocenters. The number of ether oxygens (including phenoxy) is 1. The second-order valence-electron chi connectivity index (χ2n) is 6.88. The van der Waals surface area contributed by atoms with Crippen LogP contribution in [0, 0.1) is 11.6 Å². The molecule has 31 heavy (non-hydrogen) atoms. The monoisotopic (exact) mass is 424 g/mol.